The molecule has 0 aliphatic heterocycles. The van der Waals surface area contributed by atoms with E-state index in [-0.39, 0.29) is 12.0 Å². The van der Waals surface area contributed by atoms with E-state index in [4.69, 9.17) is 5.73 Å². The van der Waals surface area contributed by atoms with Crippen LogP contribution in [0.1, 0.15) is 24.5 Å². The van der Waals surface area contributed by atoms with E-state index in [1.54, 1.807) is 0 Å². The zero-order valence-electron chi connectivity index (χ0n) is 11.4. The molecule has 0 aliphatic rings. The van der Waals surface area contributed by atoms with Crippen LogP contribution < -0.4 is 5.73 Å². The Hall–Kier alpha value is -1.81. The molecule has 1 atom stereocenters. The number of rotatable bonds is 5. The lowest BCUT2D eigenvalue weighted by Gasteiger charge is -2.05. The zero-order chi connectivity index (χ0) is 13.8. The van der Waals surface area contributed by atoms with Crippen LogP contribution in [-0.2, 0) is 22.4 Å². The van der Waals surface area contributed by atoms with Gasteiger partial charge in [0.25, 0.3) is 0 Å². The molecule has 0 spiro atoms. The van der Waals surface area contributed by atoms with E-state index in [1.807, 2.05) is 25.3 Å². The molecule has 0 aliphatic carbocycles. The van der Waals surface area contributed by atoms with Gasteiger partial charge in [0.2, 0.25) is 0 Å². The summed E-state index contributed by atoms with van der Waals surface area (Å²) in [7, 11) is 1.41. The van der Waals surface area contributed by atoms with E-state index in [0.29, 0.717) is 12.8 Å². The molecular formula is C15H20N2O2. The highest BCUT2D eigenvalue weighted by Crippen LogP contribution is 2.23. The van der Waals surface area contributed by atoms with Crippen LogP contribution in [0.25, 0.3) is 10.9 Å². The molecule has 0 bridgehead atoms. The van der Waals surface area contributed by atoms with Crippen LogP contribution in [0.4, 0.5) is 0 Å². The van der Waals surface area contributed by atoms with E-state index in [1.165, 1.54) is 18.1 Å². The predicted molar refractivity (Wildman–Crippen MR) is 76.0 cm³/mol. The van der Waals surface area contributed by atoms with Crippen LogP contribution >= 0.6 is 0 Å². The Morgan fingerprint density at radius 3 is 2.89 bits per heavy atom. The molecule has 4 heteroatoms. The van der Waals surface area contributed by atoms with Crippen LogP contribution in [0.15, 0.2) is 24.4 Å². The number of methoxy groups -OCH3 is 1. The minimum atomic E-state index is -0.181. The number of aromatic amines is 1. The minimum Gasteiger partial charge on any atom is -0.469 e. The maximum atomic E-state index is 11.2. The van der Waals surface area contributed by atoms with Crippen molar-refractivity contribution >= 4 is 16.9 Å². The first kappa shape index (κ1) is 13.6. The number of fused-ring (bicyclic) bond motifs is 1. The molecule has 3 N–H and O–H groups in total. The van der Waals surface area contributed by atoms with Gasteiger partial charge in [0, 0.05) is 29.6 Å². The van der Waals surface area contributed by atoms with Crippen molar-refractivity contribution < 1.29 is 9.53 Å². The lowest BCUT2D eigenvalue weighted by atomic mass is 10.0. The number of benzene rings is 1. The van der Waals surface area contributed by atoms with Gasteiger partial charge in [-0.1, -0.05) is 18.2 Å². The molecule has 0 saturated heterocycles. The third-order valence-corrected chi connectivity index (χ3v) is 3.26. The molecular weight excluding hydrogens is 240 g/mol. The van der Waals surface area contributed by atoms with Crippen molar-refractivity contribution in [2.24, 2.45) is 5.73 Å². The Morgan fingerprint density at radius 1 is 1.42 bits per heavy atom. The van der Waals surface area contributed by atoms with Gasteiger partial charge in [-0.25, -0.2) is 0 Å². The predicted octanol–water partition coefficient (Wildman–Crippen LogP) is 2.16. The molecule has 2 aromatic rings. The fraction of sp³-hybridized carbons (Fsp3) is 0.400. The largest absolute Gasteiger partial charge is 0.469 e. The van der Waals surface area contributed by atoms with Gasteiger partial charge in [0.15, 0.2) is 0 Å². The molecule has 0 fully saturated rings. The normalized spacial score (nSPS) is 12.6. The van der Waals surface area contributed by atoms with Gasteiger partial charge in [0.05, 0.1) is 7.11 Å². The quantitative estimate of drug-likeness (QED) is 0.809. The van der Waals surface area contributed by atoms with Crippen molar-refractivity contribution in [3.63, 3.8) is 0 Å². The zero-order valence-corrected chi connectivity index (χ0v) is 11.4. The Kier molecular flexibility index (Phi) is 4.22. The summed E-state index contributed by atoms with van der Waals surface area (Å²) in [6.45, 7) is 2.00. The second kappa shape index (κ2) is 5.89. The standard InChI is InChI=1S/C15H20N2O2/c1-10(16)8-12-9-17-15-11(4-3-5-13(12)15)6-7-14(18)19-2/h3-5,9-10,17H,6-8,16H2,1-2H3. The number of ether oxygens (including phenoxy) is 1. The molecule has 1 heterocycles. The summed E-state index contributed by atoms with van der Waals surface area (Å²) in [6.07, 6.45) is 3.94. The van der Waals surface area contributed by atoms with Crippen molar-refractivity contribution in [2.45, 2.75) is 32.2 Å². The summed E-state index contributed by atoms with van der Waals surface area (Å²) in [5.41, 5.74) is 9.32. The van der Waals surface area contributed by atoms with Crippen LogP contribution in [0.3, 0.4) is 0 Å². The van der Waals surface area contributed by atoms with Gasteiger partial charge in [-0.3, -0.25) is 4.79 Å². The molecule has 19 heavy (non-hydrogen) atoms. The molecule has 0 radical (unpaired) electrons. The number of aryl methyl sites for hydroxylation is 1. The topological polar surface area (TPSA) is 68.1 Å². The molecule has 1 aromatic heterocycles. The summed E-state index contributed by atoms with van der Waals surface area (Å²) < 4.78 is 4.68. The maximum absolute atomic E-state index is 11.2. The third kappa shape index (κ3) is 3.15. The van der Waals surface area contributed by atoms with E-state index in [2.05, 4.69) is 15.8 Å². The third-order valence-electron chi connectivity index (χ3n) is 3.26. The van der Waals surface area contributed by atoms with E-state index < -0.39 is 0 Å². The highest BCUT2D eigenvalue weighted by molar-refractivity contribution is 5.86. The number of carbonyl (C=O) groups is 1. The van der Waals surface area contributed by atoms with Crippen LogP contribution in [0.2, 0.25) is 0 Å². The van der Waals surface area contributed by atoms with Crippen LogP contribution in [-0.4, -0.2) is 24.1 Å². The first-order chi connectivity index (χ1) is 9.11. The summed E-state index contributed by atoms with van der Waals surface area (Å²) in [6, 6.07) is 6.29. The van der Waals surface area contributed by atoms with Gasteiger partial charge >= 0.3 is 5.97 Å². The number of nitrogens with two attached hydrogens (primary N) is 1. The SMILES string of the molecule is COC(=O)CCc1cccc2c(CC(C)N)c[nH]c12. The number of hydrogen-bond donors (Lipinski definition) is 2. The Balaban J connectivity index is 2.26. The summed E-state index contributed by atoms with van der Waals surface area (Å²) in [4.78, 5) is 14.5. The molecule has 4 nitrogen and oxygen atoms in total. The first-order valence-corrected chi connectivity index (χ1v) is 6.52. The highest BCUT2D eigenvalue weighted by Gasteiger charge is 2.10. The Labute approximate surface area is 112 Å². The monoisotopic (exact) mass is 260 g/mol. The summed E-state index contributed by atoms with van der Waals surface area (Å²) in [5.74, 6) is -0.181. The first-order valence-electron chi connectivity index (χ1n) is 6.52. The van der Waals surface area contributed by atoms with Crippen LogP contribution in [0, 0.1) is 0 Å². The Bertz CT molecular complexity index is 573. The van der Waals surface area contributed by atoms with Gasteiger partial charge in [0.1, 0.15) is 0 Å². The van der Waals surface area contributed by atoms with Gasteiger partial charge in [-0.2, -0.15) is 0 Å². The number of esters is 1. The van der Waals surface area contributed by atoms with E-state index >= 15 is 0 Å². The maximum Gasteiger partial charge on any atom is 0.305 e. The minimum absolute atomic E-state index is 0.137. The second-order valence-corrected chi connectivity index (χ2v) is 4.91. The number of hydrogen-bond acceptors (Lipinski definition) is 3. The van der Waals surface area contributed by atoms with Gasteiger partial charge in [-0.05, 0) is 30.9 Å². The second-order valence-electron chi connectivity index (χ2n) is 4.91. The van der Waals surface area contributed by atoms with E-state index in [0.717, 1.165) is 17.5 Å². The Morgan fingerprint density at radius 2 is 2.21 bits per heavy atom. The van der Waals surface area contributed by atoms with Gasteiger partial charge < -0.3 is 15.5 Å². The van der Waals surface area contributed by atoms with Crippen LogP contribution in [0.5, 0.6) is 0 Å². The molecule has 0 saturated carbocycles. The average molecular weight is 260 g/mol. The van der Waals surface area contributed by atoms with Crippen molar-refractivity contribution in [2.75, 3.05) is 7.11 Å². The fourth-order valence-corrected chi connectivity index (χ4v) is 2.34. The molecule has 0 amide bonds. The molecule has 2 rings (SSSR count). The van der Waals surface area contributed by atoms with Crippen molar-refractivity contribution in [3.8, 4) is 0 Å². The number of H-pyrrole nitrogens is 1. The highest BCUT2D eigenvalue weighted by atomic mass is 16.5. The molecule has 102 valence electrons. The smallest absolute Gasteiger partial charge is 0.305 e. The number of carbonyl (C=O) groups excluding carboxylic acids is 1. The number of aromatic nitrogens is 1. The van der Waals surface area contributed by atoms with Crippen molar-refractivity contribution in [1.82, 2.24) is 4.98 Å². The fourth-order valence-electron chi connectivity index (χ4n) is 2.34. The number of nitrogens with one attached hydrogen (secondary N) is 1. The number of para-hydroxylation sites is 1. The van der Waals surface area contributed by atoms with Crippen molar-refractivity contribution in [3.05, 3.63) is 35.5 Å². The molecule has 1 unspecified atom stereocenters. The molecule has 1 aromatic carbocycles. The average Bonchev–Trinajstić information content (AvgIpc) is 2.79. The lowest BCUT2D eigenvalue weighted by molar-refractivity contribution is -0.140. The summed E-state index contributed by atoms with van der Waals surface area (Å²) >= 11 is 0. The van der Waals surface area contributed by atoms with Gasteiger partial charge in [-0.15, -0.1) is 0 Å². The van der Waals surface area contributed by atoms with E-state index in [9.17, 15) is 4.79 Å². The summed E-state index contributed by atoms with van der Waals surface area (Å²) in [5, 5.41) is 1.19. The van der Waals surface area contributed by atoms with Crippen molar-refractivity contribution in [1.29, 1.82) is 0 Å². The lowest BCUT2D eigenvalue weighted by Crippen LogP contribution is -2.17.